The van der Waals surface area contributed by atoms with Gasteiger partial charge in [0.15, 0.2) is 0 Å². The summed E-state index contributed by atoms with van der Waals surface area (Å²) in [5.74, 6) is 0. The molecule has 74 valence electrons. The van der Waals surface area contributed by atoms with Crippen LogP contribution < -0.4 is 0 Å². The van der Waals surface area contributed by atoms with Crippen LogP contribution in [0.4, 0.5) is 0 Å². The molecule has 0 heterocycles. The maximum atomic E-state index is 9.36. The van der Waals surface area contributed by atoms with Gasteiger partial charge in [0.05, 0.1) is 6.10 Å². The van der Waals surface area contributed by atoms with Crippen molar-refractivity contribution < 1.29 is 5.11 Å². The minimum absolute atomic E-state index is 0.413. The third-order valence-electron chi connectivity index (χ3n) is 1.66. The quantitative estimate of drug-likeness (QED) is 0.589. The van der Waals surface area contributed by atoms with Gasteiger partial charge in [0, 0.05) is 4.90 Å². The van der Waals surface area contributed by atoms with E-state index in [0.29, 0.717) is 6.42 Å². The molecule has 1 aromatic rings. The molecule has 14 heavy (non-hydrogen) atoms. The van der Waals surface area contributed by atoms with E-state index in [-0.39, 0.29) is 0 Å². The number of rotatable bonds is 5. The number of hydrogen-bond donors (Lipinski definition) is 1. The Balaban J connectivity index is 2.37. The Kier molecular flexibility index (Phi) is 5.12. The minimum Gasteiger partial charge on any atom is -0.389 e. The second kappa shape index (κ2) is 6.46. The van der Waals surface area contributed by atoms with Crippen molar-refractivity contribution in [3.8, 4) is 0 Å². The maximum absolute atomic E-state index is 9.36. The van der Waals surface area contributed by atoms with Gasteiger partial charge in [-0.1, -0.05) is 36.0 Å². The molecule has 2 heteroatoms. The van der Waals surface area contributed by atoms with Crippen LogP contribution in [0.2, 0.25) is 0 Å². The first-order valence-electron chi connectivity index (χ1n) is 4.50. The molecule has 0 fully saturated rings. The van der Waals surface area contributed by atoms with Crippen LogP contribution in [0.1, 0.15) is 6.42 Å². The minimum atomic E-state index is -0.413. The molecule has 0 aromatic heterocycles. The molecule has 0 spiro atoms. The second-order valence-electron chi connectivity index (χ2n) is 2.85. The van der Waals surface area contributed by atoms with Crippen LogP contribution >= 0.6 is 11.8 Å². The summed E-state index contributed by atoms with van der Waals surface area (Å²) in [4.78, 5) is 1.18. The van der Waals surface area contributed by atoms with Crippen LogP contribution in [0.5, 0.6) is 0 Å². The molecule has 0 aliphatic carbocycles. The molecule has 0 bridgehead atoms. The predicted octanol–water partition coefficient (Wildman–Crippen LogP) is 3.23. The summed E-state index contributed by atoms with van der Waals surface area (Å²) < 4.78 is 0. The molecular formula is C12H14OS. The van der Waals surface area contributed by atoms with Gasteiger partial charge in [-0.15, -0.1) is 6.58 Å². The summed E-state index contributed by atoms with van der Waals surface area (Å²) >= 11 is 1.60. The van der Waals surface area contributed by atoms with Crippen molar-refractivity contribution in [3.05, 3.63) is 54.5 Å². The Labute approximate surface area is 89.2 Å². The van der Waals surface area contributed by atoms with E-state index in [9.17, 15) is 5.11 Å². The van der Waals surface area contributed by atoms with Crippen molar-refractivity contribution in [2.24, 2.45) is 0 Å². The second-order valence-corrected chi connectivity index (χ2v) is 3.83. The fraction of sp³-hybridized carbons (Fsp3) is 0.167. The van der Waals surface area contributed by atoms with Crippen molar-refractivity contribution in [3.63, 3.8) is 0 Å². The molecule has 1 aromatic carbocycles. The Bertz CT molecular complexity index is 292. The molecule has 1 rings (SSSR count). The van der Waals surface area contributed by atoms with Crippen LogP contribution in [0.15, 0.2) is 59.4 Å². The first-order valence-corrected chi connectivity index (χ1v) is 5.38. The third kappa shape index (κ3) is 4.30. The van der Waals surface area contributed by atoms with E-state index in [1.165, 1.54) is 4.90 Å². The van der Waals surface area contributed by atoms with Crippen molar-refractivity contribution in [1.29, 1.82) is 0 Å². The lowest BCUT2D eigenvalue weighted by atomic mass is 10.2. The number of aliphatic hydroxyl groups excluding tert-OH is 1. The average Bonchev–Trinajstić information content (AvgIpc) is 2.20. The zero-order chi connectivity index (χ0) is 10.2. The van der Waals surface area contributed by atoms with Gasteiger partial charge in [0.1, 0.15) is 0 Å². The van der Waals surface area contributed by atoms with Crippen LogP contribution in [0, 0.1) is 0 Å². The number of benzene rings is 1. The van der Waals surface area contributed by atoms with Gasteiger partial charge in [-0.3, -0.25) is 0 Å². The van der Waals surface area contributed by atoms with Gasteiger partial charge < -0.3 is 5.11 Å². The van der Waals surface area contributed by atoms with E-state index in [0.717, 1.165) is 0 Å². The highest BCUT2D eigenvalue weighted by Crippen LogP contribution is 2.18. The van der Waals surface area contributed by atoms with E-state index < -0.39 is 6.10 Å². The molecule has 0 saturated carbocycles. The zero-order valence-corrected chi connectivity index (χ0v) is 8.78. The van der Waals surface area contributed by atoms with Gasteiger partial charge in [-0.25, -0.2) is 0 Å². The van der Waals surface area contributed by atoms with Gasteiger partial charge in [-0.2, -0.15) is 0 Å². The van der Waals surface area contributed by atoms with E-state index in [1.54, 1.807) is 23.9 Å². The lowest BCUT2D eigenvalue weighted by Gasteiger charge is -1.99. The Hall–Kier alpha value is -0.990. The lowest BCUT2D eigenvalue weighted by Crippen LogP contribution is -1.97. The number of thioether (sulfide) groups is 1. The van der Waals surface area contributed by atoms with Gasteiger partial charge >= 0.3 is 0 Å². The summed E-state index contributed by atoms with van der Waals surface area (Å²) in [6, 6.07) is 10.1. The van der Waals surface area contributed by atoms with E-state index >= 15 is 0 Å². The molecule has 1 unspecified atom stereocenters. The Morgan fingerprint density at radius 1 is 1.36 bits per heavy atom. The van der Waals surface area contributed by atoms with Crippen LogP contribution in [0.3, 0.4) is 0 Å². The SMILES string of the molecule is C=CCC(O)C=CSc1ccccc1. The van der Waals surface area contributed by atoms with Gasteiger partial charge in [0.2, 0.25) is 0 Å². The molecule has 0 aliphatic rings. The summed E-state index contributed by atoms with van der Waals surface area (Å²) in [7, 11) is 0. The number of hydrogen-bond acceptors (Lipinski definition) is 2. The number of aliphatic hydroxyl groups is 1. The van der Waals surface area contributed by atoms with E-state index in [1.807, 2.05) is 35.7 Å². The van der Waals surface area contributed by atoms with Crippen molar-refractivity contribution in [1.82, 2.24) is 0 Å². The molecule has 1 N–H and O–H groups in total. The first kappa shape index (κ1) is 11.1. The highest BCUT2D eigenvalue weighted by Gasteiger charge is 1.93. The molecule has 0 radical (unpaired) electrons. The van der Waals surface area contributed by atoms with Crippen LogP contribution in [0.25, 0.3) is 0 Å². The van der Waals surface area contributed by atoms with Crippen molar-refractivity contribution in [2.75, 3.05) is 0 Å². The molecule has 1 nitrogen and oxygen atoms in total. The fourth-order valence-electron chi connectivity index (χ4n) is 0.957. The monoisotopic (exact) mass is 206 g/mol. The Morgan fingerprint density at radius 3 is 2.71 bits per heavy atom. The van der Waals surface area contributed by atoms with Crippen LogP contribution in [-0.2, 0) is 0 Å². The topological polar surface area (TPSA) is 20.2 Å². The zero-order valence-electron chi connectivity index (χ0n) is 7.97. The summed E-state index contributed by atoms with van der Waals surface area (Å²) in [5.41, 5.74) is 0. The highest BCUT2D eigenvalue weighted by molar-refractivity contribution is 8.02. The van der Waals surface area contributed by atoms with E-state index in [4.69, 9.17) is 0 Å². The summed E-state index contributed by atoms with van der Waals surface area (Å²) in [5, 5.41) is 11.3. The van der Waals surface area contributed by atoms with Gasteiger partial charge in [0.25, 0.3) is 0 Å². The van der Waals surface area contributed by atoms with Crippen molar-refractivity contribution >= 4 is 11.8 Å². The standard InChI is InChI=1S/C12H14OS/c1-2-6-11(13)9-10-14-12-7-4-3-5-8-12/h2-5,7-11,13H,1,6H2. The molecule has 1 atom stereocenters. The summed E-state index contributed by atoms with van der Waals surface area (Å²) in [6.45, 7) is 3.57. The average molecular weight is 206 g/mol. The van der Waals surface area contributed by atoms with Crippen molar-refractivity contribution in [2.45, 2.75) is 17.4 Å². The van der Waals surface area contributed by atoms with E-state index in [2.05, 4.69) is 6.58 Å². The van der Waals surface area contributed by atoms with Gasteiger partial charge in [-0.05, 0) is 30.0 Å². The molecular weight excluding hydrogens is 192 g/mol. The highest BCUT2D eigenvalue weighted by atomic mass is 32.2. The molecule has 0 aliphatic heterocycles. The lowest BCUT2D eigenvalue weighted by molar-refractivity contribution is 0.227. The fourth-order valence-corrected chi connectivity index (χ4v) is 1.69. The predicted molar refractivity (Wildman–Crippen MR) is 62.3 cm³/mol. The third-order valence-corrected chi connectivity index (χ3v) is 2.49. The maximum Gasteiger partial charge on any atom is 0.0763 e. The Morgan fingerprint density at radius 2 is 2.07 bits per heavy atom. The first-order chi connectivity index (χ1) is 6.83. The summed E-state index contributed by atoms with van der Waals surface area (Å²) in [6.07, 6.45) is 3.68. The largest absolute Gasteiger partial charge is 0.389 e. The molecule has 0 amide bonds. The molecule has 0 saturated heterocycles. The normalized spacial score (nSPS) is 12.9. The smallest absolute Gasteiger partial charge is 0.0763 e. The van der Waals surface area contributed by atoms with Crippen LogP contribution in [-0.4, -0.2) is 11.2 Å².